The molecule has 0 saturated heterocycles. The molecule has 2 heteroatoms. The Morgan fingerprint density at radius 2 is 0.895 bits per heavy atom. The first-order valence-corrected chi connectivity index (χ1v) is 12.9. The van der Waals surface area contributed by atoms with E-state index in [1.165, 1.54) is 55.6 Å². The summed E-state index contributed by atoms with van der Waals surface area (Å²) in [6.07, 6.45) is 3.75. The number of aromatic nitrogens is 2. The highest BCUT2D eigenvalue weighted by Gasteiger charge is 2.22. The Labute approximate surface area is 220 Å². The Kier molecular flexibility index (Phi) is 4.55. The topological polar surface area (TPSA) is 25.8 Å². The van der Waals surface area contributed by atoms with Crippen LogP contribution in [0.3, 0.4) is 0 Å². The molecule has 0 fully saturated rings. The van der Waals surface area contributed by atoms with E-state index in [1.807, 2.05) is 18.5 Å². The Morgan fingerprint density at radius 3 is 1.53 bits per heavy atom. The zero-order valence-corrected chi connectivity index (χ0v) is 20.6. The van der Waals surface area contributed by atoms with Crippen molar-refractivity contribution in [1.29, 1.82) is 0 Å². The highest BCUT2D eigenvalue weighted by Crippen LogP contribution is 2.48. The van der Waals surface area contributed by atoms with Crippen LogP contribution < -0.4 is 0 Å². The van der Waals surface area contributed by atoms with Crippen molar-refractivity contribution in [2.75, 3.05) is 0 Å². The van der Waals surface area contributed by atoms with Crippen molar-refractivity contribution in [2.24, 2.45) is 0 Å². The van der Waals surface area contributed by atoms with Gasteiger partial charge < -0.3 is 0 Å². The molecular formula is C36H22N2. The molecule has 0 atom stereocenters. The molecule has 0 bridgehead atoms. The fourth-order valence-electron chi connectivity index (χ4n) is 6.03. The summed E-state index contributed by atoms with van der Waals surface area (Å²) in [6.45, 7) is 0. The number of nitrogens with zero attached hydrogens (tertiary/aromatic N) is 2. The molecular weight excluding hydrogens is 460 g/mol. The van der Waals surface area contributed by atoms with Crippen molar-refractivity contribution in [2.45, 2.75) is 0 Å². The van der Waals surface area contributed by atoms with Crippen molar-refractivity contribution in [1.82, 2.24) is 9.97 Å². The van der Waals surface area contributed by atoms with Gasteiger partial charge in [0.05, 0.1) is 11.0 Å². The molecule has 1 aliphatic rings. The second kappa shape index (κ2) is 8.22. The second-order valence-corrected chi connectivity index (χ2v) is 9.79. The average molecular weight is 483 g/mol. The second-order valence-electron chi connectivity index (χ2n) is 9.79. The fourth-order valence-corrected chi connectivity index (χ4v) is 6.03. The van der Waals surface area contributed by atoms with Gasteiger partial charge in [0.15, 0.2) is 0 Å². The molecule has 38 heavy (non-hydrogen) atoms. The minimum atomic E-state index is 0.937. The Hall–Kier alpha value is -5.08. The lowest BCUT2D eigenvalue weighted by Gasteiger charge is -2.23. The van der Waals surface area contributed by atoms with Gasteiger partial charge in [0.25, 0.3) is 0 Å². The van der Waals surface area contributed by atoms with Crippen molar-refractivity contribution >= 4 is 21.8 Å². The van der Waals surface area contributed by atoms with Crippen LogP contribution in [0.2, 0.25) is 0 Å². The monoisotopic (exact) mass is 482 g/mol. The molecule has 176 valence electrons. The van der Waals surface area contributed by atoms with Crippen LogP contribution >= 0.6 is 0 Å². The average Bonchev–Trinajstić information content (AvgIpc) is 3.00. The number of benzene rings is 5. The van der Waals surface area contributed by atoms with E-state index in [0.29, 0.717) is 0 Å². The Morgan fingerprint density at radius 1 is 0.342 bits per heavy atom. The number of pyridine rings is 2. The first-order valence-electron chi connectivity index (χ1n) is 12.9. The molecule has 0 N–H and O–H groups in total. The SMILES string of the molecule is c1ccc2c(c1)-c1ccccc1-c1ccc(-c3ccnc4c3ccc3cccnc34)cc1-c1ccccc1-2. The van der Waals surface area contributed by atoms with Crippen LogP contribution in [0.15, 0.2) is 134 Å². The van der Waals surface area contributed by atoms with Gasteiger partial charge in [0.1, 0.15) is 0 Å². The predicted molar refractivity (Wildman–Crippen MR) is 158 cm³/mol. The molecule has 1 aliphatic carbocycles. The van der Waals surface area contributed by atoms with Gasteiger partial charge in [-0.15, -0.1) is 0 Å². The molecule has 0 spiro atoms. The molecule has 8 rings (SSSR count). The van der Waals surface area contributed by atoms with E-state index in [9.17, 15) is 0 Å². The van der Waals surface area contributed by atoms with E-state index in [2.05, 4.69) is 120 Å². The smallest absolute Gasteiger partial charge is 0.0970 e. The molecule has 0 radical (unpaired) electrons. The van der Waals surface area contributed by atoms with Gasteiger partial charge in [-0.1, -0.05) is 103 Å². The maximum Gasteiger partial charge on any atom is 0.0970 e. The van der Waals surface area contributed by atoms with E-state index >= 15 is 0 Å². The molecule has 0 aliphatic heterocycles. The standard InChI is InChI=1S/C36H22N2/c1-2-10-27-26(9-1)28-11-3-4-13-30(28)32-17-16-24(22-34(32)31-14-6-5-12-29(27)31)25-19-21-38-36-33(25)18-15-23-8-7-20-37-35(23)36/h1-22H. The Bertz CT molecular complexity index is 2030. The molecule has 0 amide bonds. The van der Waals surface area contributed by atoms with Gasteiger partial charge in [-0.25, -0.2) is 0 Å². The number of hydrogen-bond donors (Lipinski definition) is 0. The third-order valence-electron chi connectivity index (χ3n) is 7.76. The summed E-state index contributed by atoms with van der Waals surface area (Å²) in [5, 5.41) is 2.22. The van der Waals surface area contributed by atoms with Crippen LogP contribution in [0, 0.1) is 0 Å². The van der Waals surface area contributed by atoms with Crippen molar-refractivity contribution in [3.05, 3.63) is 134 Å². The molecule has 5 aromatic carbocycles. The van der Waals surface area contributed by atoms with Crippen LogP contribution in [0.4, 0.5) is 0 Å². The Balaban J connectivity index is 1.44. The highest BCUT2D eigenvalue weighted by atomic mass is 14.7. The van der Waals surface area contributed by atoms with E-state index < -0.39 is 0 Å². The number of hydrogen-bond acceptors (Lipinski definition) is 2. The quantitative estimate of drug-likeness (QED) is 0.218. The van der Waals surface area contributed by atoms with Crippen LogP contribution in [0.25, 0.3) is 77.4 Å². The van der Waals surface area contributed by atoms with Gasteiger partial charge in [0, 0.05) is 23.2 Å². The van der Waals surface area contributed by atoms with Crippen LogP contribution in [0.1, 0.15) is 0 Å². The molecule has 7 aromatic rings. The minimum Gasteiger partial charge on any atom is -0.254 e. The van der Waals surface area contributed by atoms with Crippen molar-refractivity contribution in [3.63, 3.8) is 0 Å². The van der Waals surface area contributed by atoms with Gasteiger partial charge in [-0.3, -0.25) is 9.97 Å². The third-order valence-corrected chi connectivity index (χ3v) is 7.76. The summed E-state index contributed by atoms with van der Waals surface area (Å²) < 4.78 is 0. The van der Waals surface area contributed by atoms with Gasteiger partial charge in [0.2, 0.25) is 0 Å². The fraction of sp³-hybridized carbons (Fsp3) is 0. The maximum absolute atomic E-state index is 4.74. The number of rotatable bonds is 1. The lowest BCUT2D eigenvalue weighted by molar-refractivity contribution is 1.37. The summed E-state index contributed by atoms with van der Waals surface area (Å²) in [5.74, 6) is 0. The van der Waals surface area contributed by atoms with E-state index in [0.717, 1.165) is 21.8 Å². The lowest BCUT2D eigenvalue weighted by atomic mass is 9.80. The minimum absolute atomic E-state index is 0.937. The first kappa shape index (κ1) is 21.0. The van der Waals surface area contributed by atoms with E-state index in [4.69, 9.17) is 4.98 Å². The molecule has 0 unspecified atom stereocenters. The summed E-state index contributed by atoms with van der Waals surface area (Å²) in [4.78, 5) is 9.39. The van der Waals surface area contributed by atoms with Crippen LogP contribution in [0.5, 0.6) is 0 Å². The van der Waals surface area contributed by atoms with E-state index in [-0.39, 0.29) is 0 Å². The summed E-state index contributed by atoms with van der Waals surface area (Å²) >= 11 is 0. The van der Waals surface area contributed by atoms with Crippen LogP contribution in [-0.2, 0) is 0 Å². The third kappa shape index (κ3) is 3.07. The summed E-state index contributed by atoms with van der Waals surface area (Å²) in [5.41, 5.74) is 14.3. The molecule has 2 aromatic heterocycles. The van der Waals surface area contributed by atoms with Gasteiger partial charge in [-0.2, -0.15) is 0 Å². The molecule has 2 nitrogen and oxygen atoms in total. The summed E-state index contributed by atoms with van der Waals surface area (Å²) in [6, 6.07) is 43.7. The zero-order valence-electron chi connectivity index (χ0n) is 20.6. The van der Waals surface area contributed by atoms with Crippen LogP contribution in [-0.4, -0.2) is 9.97 Å². The maximum atomic E-state index is 4.74. The zero-order chi connectivity index (χ0) is 25.1. The lowest BCUT2D eigenvalue weighted by Crippen LogP contribution is -1.97. The van der Waals surface area contributed by atoms with Crippen molar-refractivity contribution in [3.8, 4) is 55.6 Å². The van der Waals surface area contributed by atoms with Gasteiger partial charge in [-0.05, 0) is 73.8 Å². The largest absolute Gasteiger partial charge is 0.254 e. The van der Waals surface area contributed by atoms with Crippen molar-refractivity contribution < 1.29 is 0 Å². The molecule has 2 heterocycles. The number of fused-ring (bicyclic) bond motifs is 11. The highest BCUT2D eigenvalue weighted by molar-refractivity contribution is 6.09. The summed E-state index contributed by atoms with van der Waals surface area (Å²) in [7, 11) is 0. The molecule has 0 saturated carbocycles. The van der Waals surface area contributed by atoms with Gasteiger partial charge >= 0.3 is 0 Å². The normalized spacial score (nSPS) is 11.7. The first-order chi connectivity index (χ1) is 18.9. The predicted octanol–water partition coefficient (Wildman–Crippen LogP) is 9.43. The van der Waals surface area contributed by atoms with E-state index in [1.54, 1.807) is 0 Å².